The Kier molecular flexibility index (Phi) is 2.91. The Morgan fingerprint density at radius 3 is 2.47 bits per heavy atom. The number of benzene rings is 1. The molecule has 0 fully saturated rings. The molecule has 5 nitrogen and oxygen atoms in total. The molecule has 1 aromatic carbocycles. The summed E-state index contributed by atoms with van der Waals surface area (Å²) in [6.45, 7) is 5.64. The molecular formula is C12H14N4O. The Bertz CT molecular complexity index is 554. The van der Waals surface area contributed by atoms with Crippen LogP contribution in [-0.2, 0) is 0 Å². The molecule has 0 aliphatic rings. The summed E-state index contributed by atoms with van der Waals surface area (Å²) in [5.74, 6) is 0.684. The smallest absolute Gasteiger partial charge is 0.341 e. The van der Waals surface area contributed by atoms with E-state index < -0.39 is 0 Å². The second-order valence-electron chi connectivity index (χ2n) is 3.89. The maximum absolute atomic E-state index is 5.67. The summed E-state index contributed by atoms with van der Waals surface area (Å²) in [7, 11) is 0. The van der Waals surface area contributed by atoms with Crippen molar-refractivity contribution in [2.24, 2.45) is 0 Å². The second-order valence-corrected chi connectivity index (χ2v) is 3.89. The predicted octanol–water partition coefficient (Wildman–Crippen LogP) is 2.17. The van der Waals surface area contributed by atoms with Crippen LogP contribution in [0.15, 0.2) is 18.2 Å². The van der Waals surface area contributed by atoms with Crippen molar-refractivity contribution in [2.45, 2.75) is 20.8 Å². The van der Waals surface area contributed by atoms with E-state index in [2.05, 4.69) is 15.2 Å². The van der Waals surface area contributed by atoms with Crippen LogP contribution in [0.1, 0.15) is 17.0 Å². The number of nitrogen functional groups attached to an aromatic ring is 1. The summed E-state index contributed by atoms with van der Waals surface area (Å²) >= 11 is 0. The highest BCUT2D eigenvalue weighted by Crippen LogP contribution is 2.24. The third kappa shape index (κ3) is 2.50. The molecule has 2 rings (SSSR count). The van der Waals surface area contributed by atoms with Gasteiger partial charge in [0.15, 0.2) is 0 Å². The van der Waals surface area contributed by atoms with Crippen molar-refractivity contribution < 1.29 is 4.74 Å². The van der Waals surface area contributed by atoms with Gasteiger partial charge in [0.2, 0.25) is 0 Å². The highest BCUT2D eigenvalue weighted by Gasteiger charge is 2.06. The second kappa shape index (κ2) is 4.37. The maximum atomic E-state index is 5.67. The van der Waals surface area contributed by atoms with E-state index in [-0.39, 0.29) is 6.01 Å². The molecule has 0 atom stereocenters. The van der Waals surface area contributed by atoms with E-state index in [1.54, 1.807) is 12.1 Å². The normalized spacial score (nSPS) is 10.3. The number of nitrogens with zero attached hydrogens (tertiary/aromatic N) is 3. The number of ether oxygens (including phenoxy) is 1. The minimum atomic E-state index is 0.251. The molecule has 0 saturated carbocycles. The molecule has 1 aromatic heterocycles. The molecule has 1 heterocycles. The van der Waals surface area contributed by atoms with Crippen molar-refractivity contribution in [1.29, 1.82) is 0 Å². The Morgan fingerprint density at radius 2 is 1.82 bits per heavy atom. The van der Waals surface area contributed by atoms with Crippen LogP contribution in [0.25, 0.3) is 0 Å². The molecule has 5 heteroatoms. The topological polar surface area (TPSA) is 73.9 Å². The first-order valence-corrected chi connectivity index (χ1v) is 5.28. The van der Waals surface area contributed by atoms with Crippen molar-refractivity contribution in [1.82, 2.24) is 15.2 Å². The third-order valence-electron chi connectivity index (χ3n) is 2.47. The van der Waals surface area contributed by atoms with Crippen molar-refractivity contribution >= 4 is 5.69 Å². The molecule has 0 unspecified atom stereocenters. The Morgan fingerprint density at radius 1 is 1.06 bits per heavy atom. The lowest BCUT2D eigenvalue weighted by Crippen LogP contribution is -2.00. The Hall–Kier alpha value is -2.17. The molecule has 88 valence electrons. The third-order valence-corrected chi connectivity index (χ3v) is 2.47. The van der Waals surface area contributed by atoms with Crippen molar-refractivity contribution in [3.8, 4) is 11.8 Å². The van der Waals surface area contributed by atoms with E-state index in [1.165, 1.54) is 0 Å². The van der Waals surface area contributed by atoms with Crippen LogP contribution >= 0.6 is 0 Å². The molecule has 17 heavy (non-hydrogen) atoms. The minimum absolute atomic E-state index is 0.251. The van der Waals surface area contributed by atoms with Gasteiger partial charge in [0.1, 0.15) is 5.75 Å². The fourth-order valence-corrected chi connectivity index (χ4v) is 1.37. The number of hydrogen-bond donors (Lipinski definition) is 1. The molecule has 0 aliphatic heterocycles. The fraction of sp³-hybridized carbons (Fsp3) is 0.250. The van der Waals surface area contributed by atoms with E-state index >= 15 is 0 Å². The number of rotatable bonds is 2. The first-order chi connectivity index (χ1) is 8.06. The monoisotopic (exact) mass is 230 g/mol. The van der Waals surface area contributed by atoms with Crippen molar-refractivity contribution in [3.63, 3.8) is 0 Å². The molecule has 0 radical (unpaired) electrons. The zero-order chi connectivity index (χ0) is 12.4. The average molecular weight is 230 g/mol. The standard InChI is InChI=1S/C12H14N4O/c1-7-6-10(13)4-5-11(7)17-12-14-8(2)9(3)15-16-12/h4-6H,13H2,1-3H3. The van der Waals surface area contributed by atoms with E-state index in [0.29, 0.717) is 11.4 Å². The van der Waals surface area contributed by atoms with Crippen molar-refractivity contribution in [3.05, 3.63) is 35.2 Å². The minimum Gasteiger partial charge on any atom is -0.423 e. The van der Waals surface area contributed by atoms with E-state index in [0.717, 1.165) is 17.0 Å². The highest BCUT2D eigenvalue weighted by atomic mass is 16.5. The van der Waals surface area contributed by atoms with Gasteiger partial charge in [0, 0.05) is 5.69 Å². The van der Waals surface area contributed by atoms with Crippen LogP contribution in [0.5, 0.6) is 11.8 Å². The summed E-state index contributed by atoms with van der Waals surface area (Å²) in [5.41, 5.74) is 8.91. The van der Waals surface area contributed by atoms with Crippen LogP contribution in [-0.4, -0.2) is 15.2 Å². The van der Waals surface area contributed by atoms with Gasteiger partial charge < -0.3 is 10.5 Å². The largest absolute Gasteiger partial charge is 0.423 e. The zero-order valence-corrected chi connectivity index (χ0v) is 10.1. The molecule has 0 bridgehead atoms. The number of nitrogens with two attached hydrogens (primary N) is 1. The summed E-state index contributed by atoms with van der Waals surface area (Å²) in [6, 6.07) is 5.66. The maximum Gasteiger partial charge on any atom is 0.341 e. The summed E-state index contributed by atoms with van der Waals surface area (Å²) in [4.78, 5) is 4.20. The van der Waals surface area contributed by atoms with Gasteiger partial charge in [-0.3, -0.25) is 0 Å². The predicted molar refractivity (Wildman–Crippen MR) is 65.0 cm³/mol. The molecule has 2 N–H and O–H groups in total. The SMILES string of the molecule is Cc1cc(N)ccc1Oc1nnc(C)c(C)n1. The zero-order valence-electron chi connectivity index (χ0n) is 10.1. The number of hydrogen-bond acceptors (Lipinski definition) is 5. The van der Waals surface area contributed by atoms with Crippen LogP contribution in [0, 0.1) is 20.8 Å². The molecule has 0 aliphatic carbocycles. The van der Waals surface area contributed by atoms with Gasteiger partial charge in [-0.05, 0) is 44.5 Å². The molecule has 2 aromatic rings. The lowest BCUT2D eigenvalue weighted by Gasteiger charge is -2.07. The first-order valence-electron chi connectivity index (χ1n) is 5.28. The first kappa shape index (κ1) is 11.3. The average Bonchev–Trinajstić information content (AvgIpc) is 2.27. The quantitative estimate of drug-likeness (QED) is 0.800. The van der Waals surface area contributed by atoms with Crippen molar-refractivity contribution in [2.75, 3.05) is 5.73 Å². The van der Waals surface area contributed by atoms with Gasteiger partial charge in [-0.1, -0.05) is 5.10 Å². The van der Waals surface area contributed by atoms with Crippen LogP contribution in [0.2, 0.25) is 0 Å². The molecule has 0 saturated heterocycles. The number of anilines is 1. The van der Waals surface area contributed by atoms with Gasteiger partial charge in [-0.15, -0.1) is 5.10 Å². The van der Waals surface area contributed by atoms with Crippen LogP contribution in [0.3, 0.4) is 0 Å². The lowest BCUT2D eigenvalue weighted by molar-refractivity contribution is 0.427. The molecule has 0 spiro atoms. The summed E-state index contributed by atoms with van der Waals surface area (Å²) < 4.78 is 5.56. The summed E-state index contributed by atoms with van der Waals surface area (Å²) in [5, 5.41) is 7.84. The number of aromatic nitrogens is 3. The van der Waals surface area contributed by atoms with Crippen LogP contribution in [0.4, 0.5) is 5.69 Å². The van der Waals surface area contributed by atoms with Gasteiger partial charge in [-0.25, -0.2) is 0 Å². The van der Waals surface area contributed by atoms with Crippen LogP contribution < -0.4 is 10.5 Å². The Balaban J connectivity index is 2.28. The molecule has 0 amide bonds. The van der Waals surface area contributed by atoms with Gasteiger partial charge >= 0.3 is 6.01 Å². The molecular weight excluding hydrogens is 216 g/mol. The lowest BCUT2D eigenvalue weighted by atomic mass is 10.2. The Labute approximate surface area is 99.7 Å². The van der Waals surface area contributed by atoms with E-state index in [1.807, 2.05) is 26.8 Å². The van der Waals surface area contributed by atoms with Gasteiger partial charge in [-0.2, -0.15) is 4.98 Å². The van der Waals surface area contributed by atoms with Gasteiger partial charge in [0.25, 0.3) is 0 Å². The van der Waals surface area contributed by atoms with E-state index in [9.17, 15) is 0 Å². The fourth-order valence-electron chi connectivity index (χ4n) is 1.37. The van der Waals surface area contributed by atoms with Gasteiger partial charge in [0.05, 0.1) is 11.4 Å². The number of aryl methyl sites for hydroxylation is 3. The summed E-state index contributed by atoms with van der Waals surface area (Å²) in [6.07, 6.45) is 0. The van der Waals surface area contributed by atoms with E-state index in [4.69, 9.17) is 10.5 Å². The highest BCUT2D eigenvalue weighted by molar-refractivity contribution is 5.47.